The first-order valence-corrected chi connectivity index (χ1v) is 30.5. The Morgan fingerprint density at radius 1 is 0.290 bits per heavy atom. The summed E-state index contributed by atoms with van der Waals surface area (Å²) >= 11 is 0. The molecule has 404 valence electrons. The van der Waals surface area contributed by atoms with Gasteiger partial charge in [-0.1, -0.05) is 269 Å². The SMILES string of the molecule is CCCCCCC/C=C\C/C=C\CCCCCCCCCCCCCCCC(=O)OCC(COC(=O)CCCCCCCCC)OC(=O)CCCCCCCCCCC/C=C\CCCCCCCC. The lowest BCUT2D eigenvalue weighted by Gasteiger charge is -2.18. The van der Waals surface area contributed by atoms with E-state index in [1.807, 2.05) is 0 Å². The highest BCUT2D eigenvalue weighted by atomic mass is 16.6. The molecule has 0 saturated carbocycles. The Hall–Kier alpha value is -2.37. The molecule has 0 aromatic heterocycles. The number of unbranched alkanes of at least 4 members (excludes halogenated alkanes) is 39. The Balaban J connectivity index is 4.11. The summed E-state index contributed by atoms with van der Waals surface area (Å²) in [5.41, 5.74) is 0. The molecule has 0 radical (unpaired) electrons. The lowest BCUT2D eigenvalue weighted by Crippen LogP contribution is -2.30. The van der Waals surface area contributed by atoms with Gasteiger partial charge in [-0.2, -0.15) is 0 Å². The molecule has 0 saturated heterocycles. The number of esters is 3. The van der Waals surface area contributed by atoms with Gasteiger partial charge in [0.05, 0.1) is 0 Å². The van der Waals surface area contributed by atoms with E-state index in [0.717, 1.165) is 64.2 Å². The fraction of sp³-hybridized carbons (Fsp3) is 0.857. The molecule has 0 aromatic rings. The summed E-state index contributed by atoms with van der Waals surface area (Å²) in [5, 5.41) is 0. The van der Waals surface area contributed by atoms with Gasteiger partial charge in [-0.3, -0.25) is 14.4 Å². The Labute approximate surface area is 429 Å². The minimum atomic E-state index is -0.769. The monoisotopic (exact) mass is 969 g/mol. The molecule has 0 amide bonds. The maximum atomic E-state index is 12.8. The van der Waals surface area contributed by atoms with E-state index in [-0.39, 0.29) is 31.1 Å². The van der Waals surface area contributed by atoms with Gasteiger partial charge in [0.25, 0.3) is 0 Å². The summed E-state index contributed by atoms with van der Waals surface area (Å²) < 4.78 is 16.8. The predicted octanol–water partition coefficient (Wildman–Crippen LogP) is 20.4. The van der Waals surface area contributed by atoms with E-state index in [1.54, 1.807) is 0 Å². The van der Waals surface area contributed by atoms with E-state index in [9.17, 15) is 14.4 Å². The van der Waals surface area contributed by atoms with Gasteiger partial charge in [-0.05, 0) is 77.0 Å². The first kappa shape index (κ1) is 66.6. The van der Waals surface area contributed by atoms with Gasteiger partial charge in [-0.15, -0.1) is 0 Å². The summed E-state index contributed by atoms with van der Waals surface area (Å²) in [7, 11) is 0. The van der Waals surface area contributed by atoms with Gasteiger partial charge >= 0.3 is 17.9 Å². The van der Waals surface area contributed by atoms with Crippen LogP contribution in [-0.2, 0) is 28.6 Å². The van der Waals surface area contributed by atoms with E-state index >= 15 is 0 Å². The number of carbonyl (C=O) groups excluding carboxylic acids is 3. The molecular weight excluding hydrogens is 853 g/mol. The molecule has 1 atom stereocenters. The maximum absolute atomic E-state index is 12.8. The van der Waals surface area contributed by atoms with Gasteiger partial charge < -0.3 is 14.2 Å². The molecule has 69 heavy (non-hydrogen) atoms. The average Bonchev–Trinajstić information content (AvgIpc) is 3.35. The van der Waals surface area contributed by atoms with Crippen LogP contribution in [0.2, 0.25) is 0 Å². The molecule has 6 heteroatoms. The van der Waals surface area contributed by atoms with Crippen LogP contribution in [0.3, 0.4) is 0 Å². The van der Waals surface area contributed by atoms with Gasteiger partial charge in [0.1, 0.15) is 13.2 Å². The first-order valence-electron chi connectivity index (χ1n) is 30.5. The maximum Gasteiger partial charge on any atom is 0.306 e. The van der Waals surface area contributed by atoms with Gasteiger partial charge in [0.2, 0.25) is 0 Å². The van der Waals surface area contributed by atoms with E-state index in [2.05, 4.69) is 57.2 Å². The van der Waals surface area contributed by atoms with Crippen molar-refractivity contribution >= 4 is 17.9 Å². The average molecular weight is 970 g/mol. The van der Waals surface area contributed by atoms with Crippen LogP contribution in [0.15, 0.2) is 36.5 Å². The fourth-order valence-electron chi connectivity index (χ4n) is 9.00. The third kappa shape index (κ3) is 56.4. The summed E-state index contributed by atoms with van der Waals surface area (Å²) in [6.07, 6.45) is 70.2. The molecule has 0 aliphatic heterocycles. The zero-order valence-electron chi connectivity index (χ0n) is 46.3. The number of allylic oxidation sites excluding steroid dienone is 6. The molecule has 0 bridgehead atoms. The Morgan fingerprint density at radius 3 is 0.812 bits per heavy atom. The Bertz CT molecular complexity index is 1160. The fourth-order valence-corrected chi connectivity index (χ4v) is 9.00. The second-order valence-electron chi connectivity index (χ2n) is 20.6. The molecule has 0 aliphatic carbocycles. The highest BCUT2D eigenvalue weighted by molar-refractivity contribution is 5.71. The molecule has 0 heterocycles. The smallest absolute Gasteiger partial charge is 0.306 e. The van der Waals surface area contributed by atoms with Crippen LogP contribution in [0.25, 0.3) is 0 Å². The van der Waals surface area contributed by atoms with E-state index in [4.69, 9.17) is 14.2 Å². The summed E-state index contributed by atoms with van der Waals surface area (Å²) in [6, 6.07) is 0. The molecule has 1 unspecified atom stereocenters. The molecule has 0 fully saturated rings. The van der Waals surface area contributed by atoms with Crippen molar-refractivity contribution < 1.29 is 28.6 Å². The largest absolute Gasteiger partial charge is 0.462 e. The van der Waals surface area contributed by atoms with Crippen molar-refractivity contribution in [3.05, 3.63) is 36.5 Å². The molecule has 0 rings (SSSR count). The molecule has 0 N–H and O–H groups in total. The lowest BCUT2D eigenvalue weighted by molar-refractivity contribution is -0.167. The quantitative estimate of drug-likeness (QED) is 0.0261. The van der Waals surface area contributed by atoms with Gasteiger partial charge in [-0.25, -0.2) is 0 Å². The summed E-state index contributed by atoms with van der Waals surface area (Å²) in [6.45, 7) is 6.62. The van der Waals surface area contributed by atoms with Crippen molar-refractivity contribution in [2.24, 2.45) is 0 Å². The van der Waals surface area contributed by atoms with Gasteiger partial charge in [0, 0.05) is 19.3 Å². The van der Waals surface area contributed by atoms with Crippen LogP contribution >= 0.6 is 0 Å². The van der Waals surface area contributed by atoms with Crippen LogP contribution in [0, 0.1) is 0 Å². The summed E-state index contributed by atoms with van der Waals surface area (Å²) in [5.74, 6) is -0.862. The van der Waals surface area contributed by atoms with E-state index in [1.165, 1.54) is 225 Å². The second-order valence-corrected chi connectivity index (χ2v) is 20.6. The second kappa shape index (κ2) is 58.2. The molecule has 0 aromatic carbocycles. The third-order valence-electron chi connectivity index (χ3n) is 13.6. The lowest BCUT2D eigenvalue weighted by atomic mass is 10.0. The minimum absolute atomic E-state index is 0.0699. The molecule has 0 aliphatic rings. The predicted molar refractivity (Wildman–Crippen MR) is 298 cm³/mol. The van der Waals surface area contributed by atoms with Crippen LogP contribution in [0.4, 0.5) is 0 Å². The number of hydrogen-bond acceptors (Lipinski definition) is 6. The normalized spacial score (nSPS) is 12.2. The van der Waals surface area contributed by atoms with Crippen LogP contribution in [-0.4, -0.2) is 37.2 Å². The Kier molecular flexibility index (Phi) is 56.2. The van der Waals surface area contributed by atoms with Crippen molar-refractivity contribution in [2.45, 2.75) is 335 Å². The zero-order valence-corrected chi connectivity index (χ0v) is 46.3. The number of ether oxygens (including phenoxy) is 3. The zero-order chi connectivity index (χ0) is 50.0. The van der Waals surface area contributed by atoms with Gasteiger partial charge in [0.15, 0.2) is 6.10 Å². The van der Waals surface area contributed by atoms with Crippen molar-refractivity contribution in [1.29, 1.82) is 0 Å². The van der Waals surface area contributed by atoms with E-state index < -0.39 is 6.10 Å². The molecule has 0 spiro atoms. The number of carbonyl (C=O) groups is 3. The summed E-state index contributed by atoms with van der Waals surface area (Å²) in [4.78, 5) is 38.0. The van der Waals surface area contributed by atoms with Crippen molar-refractivity contribution in [2.75, 3.05) is 13.2 Å². The van der Waals surface area contributed by atoms with Crippen molar-refractivity contribution in [1.82, 2.24) is 0 Å². The highest BCUT2D eigenvalue weighted by Gasteiger charge is 2.19. The molecular formula is C63H116O6. The Morgan fingerprint density at radius 2 is 0.522 bits per heavy atom. The van der Waals surface area contributed by atoms with Crippen molar-refractivity contribution in [3.63, 3.8) is 0 Å². The van der Waals surface area contributed by atoms with Crippen LogP contribution in [0.1, 0.15) is 329 Å². The van der Waals surface area contributed by atoms with Crippen LogP contribution < -0.4 is 0 Å². The van der Waals surface area contributed by atoms with Crippen molar-refractivity contribution in [3.8, 4) is 0 Å². The van der Waals surface area contributed by atoms with Crippen LogP contribution in [0.5, 0.6) is 0 Å². The highest BCUT2D eigenvalue weighted by Crippen LogP contribution is 2.17. The third-order valence-corrected chi connectivity index (χ3v) is 13.6. The van der Waals surface area contributed by atoms with E-state index in [0.29, 0.717) is 19.3 Å². The number of rotatable bonds is 56. The standard InChI is InChI=1S/C63H116O6/c1-4-7-10-13-16-18-20-22-24-26-28-29-30-31-32-33-35-36-38-40-42-44-47-50-53-56-62(65)68-59-60(58-67-61(64)55-52-49-46-15-12-9-6-3)69-63(66)57-54-51-48-45-43-41-39-37-34-27-25-23-21-19-17-14-11-8-5-2/h20,22-23,25-26,28,60H,4-19,21,24,27,29-59H2,1-3H3/b22-20-,25-23-,28-26-. The first-order chi connectivity index (χ1) is 34.0. The number of hydrogen-bond donors (Lipinski definition) is 0. The minimum Gasteiger partial charge on any atom is -0.462 e. The topological polar surface area (TPSA) is 78.9 Å². The molecule has 6 nitrogen and oxygen atoms in total.